The summed E-state index contributed by atoms with van der Waals surface area (Å²) < 4.78 is 5.44. The molecule has 0 aliphatic carbocycles. The van der Waals surface area contributed by atoms with E-state index >= 15 is 0 Å². The van der Waals surface area contributed by atoms with E-state index < -0.39 is 0 Å². The van der Waals surface area contributed by atoms with E-state index in [0.29, 0.717) is 18.0 Å². The van der Waals surface area contributed by atoms with Gasteiger partial charge in [0.15, 0.2) is 0 Å². The number of hydrogen-bond donors (Lipinski definition) is 3. The number of nitrogens with one attached hydrogen (secondary N) is 3. The number of pyridine rings is 1. The van der Waals surface area contributed by atoms with Gasteiger partial charge in [0.25, 0.3) is 5.91 Å². The molecule has 6 nitrogen and oxygen atoms in total. The Labute approximate surface area is 148 Å². The number of carbonyl (C=O) groups excluding carboxylic acids is 1. The summed E-state index contributed by atoms with van der Waals surface area (Å²) in [5, 5.41) is 9.61. The van der Waals surface area contributed by atoms with Crippen LogP contribution in [0, 0.1) is 0 Å². The Kier molecular flexibility index (Phi) is 5.85. The molecule has 0 bridgehead atoms. The Morgan fingerprint density at radius 2 is 2.16 bits per heavy atom. The quantitative estimate of drug-likeness (QED) is 0.754. The van der Waals surface area contributed by atoms with Crippen LogP contribution in [-0.2, 0) is 0 Å². The fraction of sp³-hybridized carbons (Fsp3) is 0.368. The molecule has 25 heavy (non-hydrogen) atoms. The zero-order valence-electron chi connectivity index (χ0n) is 14.4. The molecule has 3 N–H and O–H groups in total. The average molecular weight is 340 g/mol. The van der Waals surface area contributed by atoms with E-state index in [4.69, 9.17) is 4.74 Å². The number of piperidine rings is 1. The number of amides is 1. The van der Waals surface area contributed by atoms with Crippen LogP contribution in [-0.4, -0.2) is 36.6 Å². The van der Waals surface area contributed by atoms with E-state index in [2.05, 4.69) is 20.9 Å². The Hall–Kier alpha value is -2.60. The molecule has 1 amide bonds. The molecule has 1 saturated heterocycles. The Balaban J connectivity index is 1.70. The summed E-state index contributed by atoms with van der Waals surface area (Å²) in [5.41, 5.74) is 1.40. The number of carbonyl (C=O) groups is 1. The van der Waals surface area contributed by atoms with Crippen molar-refractivity contribution in [1.29, 1.82) is 0 Å². The second kappa shape index (κ2) is 8.48. The van der Waals surface area contributed by atoms with Gasteiger partial charge >= 0.3 is 0 Å². The number of rotatable bonds is 6. The minimum atomic E-state index is -0.102. The molecule has 6 heteroatoms. The lowest BCUT2D eigenvalue weighted by atomic mass is 10.1. The molecule has 1 atom stereocenters. The Morgan fingerprint density at radius 1 is 1.32 bits per heavy atom. The van der Waals surface area contributed by atoms with Crippen molar-refractivity contribution in [3.8, 4) is 5.75 Å². The molecule has 1 aromatic carbocycles. The van der Waals surface area contributed by atoms with Crippen molar-refractivity contribution in [2.75, 3.05) is 25.0 Å². The maximum Gasteiger partial charge on any atom is 0.255 e. The highest BCUT2D eigenvalue weighted by atomic mass is 16.5. The molecule has 0 radical (unpaired) electrons. The summed E-state index contributed by atoms with van der Waals surface area (Å²) in [6.07, 6.45) is 3.76. The van der Waals surface area contributed by atoms with Gasteiger partial charge in [0.05, 0.1) is 12.2 Å². The topological polar surface area (TPSA) is 75.3 Å². The van der Waals surface area contributed by atoms with Crippen molar-refractivity contribution in [3.63, 3.8) is 0 Å². The summed E-state index contributed by atoms with van der Waals surface area (Å²) in [6, 6.07) is 11.3. The van der Waals surface area contributed by atoms with Crippen molar-refractivity contribution in [1.82, 2.24) is 15.6 Å². The van der Waals surface area contributed by atoms with Gasteiger partial charge in [-0.3, -0.25) is 4.79 Å². The molecule has 1 unspecified atom stereocenters. The molecule has 1 aliphatic rings. The van der Waals surface area contributed by atoms with E-state index in [0.717, 1.165) is 37.4 Å². The largest absolute Gasteiger partial charge is 0.494 e. The number of hydrogen-bond acceptors (Lipinski definition) is 5. The Bertz CT molecular complexity index is 697. The second-order valence-corrected chi connectivity index (χ2v) is 6.00. The van der Waals surface area contributed by atoms with Gasteiger partial charge in [0, 0.05) is 24.5 Å². The lowest BCUT2D eigenvalue weighted by Gasteiger charge is -2.24. The third kappa shape index (κ3) is 4.70. The number of anilines is 2. The standard InChI is InChI=1S/C19H24N4O2/c1-2-25-16-9-7-14(8-10-16)22-18-17(6-4-12-21-18)19(24)23-15-5-3-11-20-13-15/h4,6-10,12,15,20H,2-3,5,11,13H2,1H3,(H,21,22)(H,23,24). The van der Waals surface area contributed by atoms with E-state index in [1.54, 1.807) is 18.3 Å². The fourth-order valence-corrected chi connectivity index (χ4v) is 2.86. The zero-order chi connectivity index (χ0) is 17.5. The maximum absolute atomic E-state index is 12.6. The van der Waals surface area contributed by atoms with Crippen molar-refractivity contribution in [3.05, 3.63) is 48.2 Å². The molecule has 3 rings (SSSR count). The highest BCUT2D eigenvalue weighted by Gasteiger charge is 2.18. The number of benzene rings is 1. The normalized spacial score (nSPS) is 16.9. The number of aromatic nitrogens is 1. The van der Waals surface area contributed by atoms with Crippen LogP contribution in [0.3, 0.4) is 0 Å². The van der Waals surface area contributed by atoms with E-state index in [1.807, 2.05) is 31.2 Å². The molecule has 0 saturated carbocycles. The van der Waals surface area contributed by atoms with Crippen LogP contribution in [0.25, 0.3) is 0 Å². The molecule has 1 aliphatic heterocycles. The number of nitrogens with zero attached hydrogens (tertiary/aromatic N) is 1. The molecule has 1 aromatic heterocycles. The molecular weight excluding hydrogens is 316 g/mol. The molecule has 2 aromatic rings. The van der Waals surface area contributed by atoms with Crippen LogP contribution in [0.5, 0.6) is 5.75 Å². The first-order valence-corrected chi connectivity index (χ1v) is 8.72. The first-order valence-electron chi connectivity index (χ1n) is 8.72. The van der Waals surface area contributed by atoms with Crippen molar-refractivity contribution >= 4 is 17.4 Å². The first-order chi connectivity index (χ1) is 12.3. The molecule has 132 valence electrons. The maximum atomic E-state index is 12.6. The third-order valence-electron chi connectivity index (χ3n) is 4.11. The summed E-state index contributed by atoms with van der Waals surface area (Å²) in [5.74, 6) is 1.26. The van der Waals surface area contributed by atoms with Gasteiger partial charge in [-0.15, -0.1) is 0 Å². The van der Waals surface area contributed by atoms with Crippen molar-refractivity contribution < 1.29 is 9.53 Å². The van der Waals surface area contributed by atoms with Crippen LogP contribution >= 0.6 is 0 Å². The van der Waals surface area contributed by atoms with E-state index in [-0.39, 0.29) is 11.9 Å². The Morgan fingerprint density at radius 3 is 2.88 bits per heavy atom. The number of ether oxygens (including phenoxy) is 1. The van der Waals surface area contributed by atoms with Crippen LogP contribution < -0.4 is 20.7 Å². The third-order valence-corrected chi connectivity index (χ3v) is 4.11. The zero-order valence-corrected chi connectivity index (χ0v) is 14.4. The van der Waals surface area contributed by atoms with Gasteiger partial charge in [-0.2, -0.15) is 0 Å². The highest BCUT2D eigenvalue weighted by Crippen LogP contribution is 2.21. The van der Waals surface area contributed by atoms with Gasteiger partial charge in [-0.05, 0) is 62.7 Å². The van der Waals surface area contributed by atoms with Gasteiger partial charge in [0.2, 0.25) is 0 Å². The van der Waals surface area contributed by atoms with Crippen LogP contribution in [0.15, 0.2) is 42.6 Å². The van der Waals surface area contributed by atoms with E-state index in [1.165, 1.54) is 0 Å². The fourth-order valence-electron chi connectivity index (χ4n) is 2.86. The van der Waals surface area contributed by atoms with Gasteiger partial charge < -0.3 is 20.7 Å². The van der Waals surface area contributed by atoms with Gasteiger partial charge in [0.1, 0.15) is 11.6 Å². The summed E-state index contributed by atoms with van der Waals surface area (Å²) in [6.45, 7) is 4.41. The van der Waals surface area contributed by atoms with Gasteiger partial charge in [-0.25, -0.2) is 4.98 Å². The minimum Gasteiger partial charge on any atom is -0.494 e. The second-order valence-electron chi connectivity index (χ2n) is 6.00. The highest BCUT2D eigenvalue weighted by molar-refractivity contribution is 5.99. The molecule has 2 heterocycles. The predicted molar refractivity (Wildman–Crippen MR) is 98.5 cm³/mol. The van der Waals surface area contributed by atoms with Crippen LogP contribution in [0.1, 0.15) is 30.1 Å². The summed E-state index contributed by atoms with van der Waals surface area (Å²) in [4.78, 5) is 17.0. The average Bonchev–Trinajstić information content (AvgIpc) is 2.65. The van der Waals surface area contributed by atoms with Crippen molar-refractivity contribution in [2.45, 2.75) is 25.8 Å². The molecule has 1 fully saturated rings. The van der Waals surface area contributed by atoms with Crippen LogP contribution in [0.2, 0.25) is 0 Å². The minimum absolute atomic E-state index is 0.102. The molecule has 0 spiro atoms. The van der Waals surface area contributed by atoms with Gasteiger partial charge in [-0.1, -0.05) is 0 Å². The predicted octanol–water partition coefficient (Wildman–Crippen LogP) is 2.71. The first kappa shape index (κ1) is 17.2. The summed E-state index contributed by atoms with van der Waals surface area (Å²) in [7, 11) is 0. The lowest BCUT2D eigenvalue weighted by molar-refractivity contribution is 0.0931. The monoisotopic (exact) mass is 340 g/mol. The summed E-state index contributed by atoms with van der Waals surface area (Å²) >= 11 is 0. The van der Waals surface area contributed by atoms with E-state index in [9.17, 15) is 4.79 Å². The smallest absolute Gasteiger partial charge is 0.255 e. The SMILES string of the molecule is CCOc1ccc(Nc2ncccc2C(=O)NC2CCCNC2)cc1. The van der Waals surface area contributed by atoms with Crippen molar-refractivity contribution in [2.24, 2.45) is 0 Å². The lowest BCUT2D eigenvalue weighted by Crippen LogP contribution is -2.45. The molecular formula is C19H24N4O2. The van der Waals surface area contributed by atoms with Crippen LogP contribution in [0.4, 0.5) is 11.5 Å².